The molecule has 3 rings (SSSR count). The summed E-state index contributed by atoms with van der Waals surface area (Å²) < 4.78 is 7.32. The maximum Gasteiger partial charge on any atom is 0.233 e. The quantitative estimate of drug-likeness (QED) is 0.578. The Morgan fingerprint density at radius 2 is 2.08 bits per heavy atom. The lowest BCUT2D eigenvalue weighted by Crippen LogP contribution is -2.04. The van der Waals surface area contributed by atoms with Crippen LogP contribution in [0.4, 0.5) is 11.5 Å². The molecule has 0 unspecified atom stereocenters. The van der Waals surface area contributed by atoms with Gasteiger partial charge in [0.2, 0.25) is 12.3 Å². The Kier molecular flexibility index (Phi) is 6.56. The molecule has 0 aliphatic carbocycles. The van der Waals surface area contributed by atoms with Gasteiger partial charge in [0.05, 0.1) is 23.3 Å². The topological polar surface area (TPSA) is 119 Å². The van der Waals surface area contributed by atoms with Crippen LogP contribution in [0.5, 0.6) is 5.88 Å². The molecule has 9 nitrogen and oxygen atoms in total. The number of ether oxygens (including phenoxy) is 1. The molecular formula is C16H20ClN7O2. The second-order valence-electron chi connectivity index (χ2n) is 5.15. The molecule has 3 aromatic rings. The minimum absolute atomic E-state index is 0.249. The molecule has 0 saturated heterocycles. The number of nitrogens with two attached hydrogens (primary N) is 1. The Morgan fingerprint density at radius 1 is 1.35 bits per heavy atom. The second-order valence-corrected chi connectivity index (χ2v) is 5.56. The standard InChI is InChI=1S/C14H15ClN6O.C2H5NO/c1-8-11(16)5-10(15)14(18-8)22-7-9-3-4-13-19-12(17-2)6-21(13)20-9;1-3-2-4/h3-6,17H,7,16H2,1-2H3;2H,1H3,(H,3,4). The fourth-order valence-electron chi connectivity index (χ4n) is 1.94. The lowest BCUT2D eigenvalue weighted by atomic mass is 10.3. The van der Waals surface area contributed by atoms with Crippen molar-refractivity contribution in [3.63, 3.8) is 0 Å². The van der Waals surface area contributed by atoms with Crippen molar-refractivity contribution < 1.29 is 9.53 Å². The van der Waals surface area contributed by atoms with Gasteiger partial charge in [-0.2, -0.15) is 5.10 Å². The Morgan fingerprint density at radius 3 is 2.73 bits per heavy atom. The Hall–Kier alpha value is -3.07. The van der Waals surface area contributed by atoms with E-state index < -0.39 is 0 Å². The number of halogens is 1. The summed E-state index contributed by atoms with van der Waals surface area (Å²) in [5.41, 5.74) is 8.45. The minimum Gasteiger partial charge on any atom is -0.470 e. The average Bonchev–Trinajstić information content (AvgIpc) is 3.06. The predicted octanol–water partition coefficient (Wildman–Crippen LogP) is 1.65. The molecule has 138 valence electrons. The third-order valence-corrected chi connectivity index (χ3v) is 3.55. The molecule has 0 spiro atoms. The molecule has 3 heterocycles. The first-order valence-corrected chi connectivity index (χ1v) is 8.05. The molecule has 0 atom stereocenters. The molecule has 10 heteroatoms. The van der Waals surface area contributed by atoms with Gasteiger partial charge < -0.3 is 21.1 Å². The van der Waals surface area contributed by atoms with Crippen molar-refractivity contribution in [3.05, 3.63) is 40.8 Å². The smallest absolute Gasteiger partial charge is 0.233 e. The largest absolute Gasteiger partial charge is 0.470 e. The van der Waals surface area contributed by atoms with Gasteiger partial charge in [0, 0.05) is 14.1 Å². The van der Waals surface area contributed by atoms with Crippen LogP contribution in [0, 0.1) is 6.92 Å². The number of amides is 1. The summed E-state index contributed by atoms with van der Waals surface area (Å²) in [7, 11) is 3.37. The average molecular weight is 378 g/mol. The number of carbonyl (C=O) groups excluding carboxylic acids is 1. The Bertz CT molecular complexity index is 898. The number of rotatable bonds is 5. The van der Waals surface area contributed by atoms with E-state index in [9.17, 15) is 0 Å². The Balaban J connectivity index is 0.000000552. The van der Waals surface area contributed by atoms with E-state index in [0.29, 0.717) is 28.7 Å². The molecule has 3 aromatic heterocycles. The first kappa shape index (κ1) is 19.3. The molecule has 4 N–H and O–H groups in total. The van der Waals surface area contributed by atoms with Crippen LogP contribution in [0.15, 0.2) is 24.4 Å². The van der Waals surface area contributed by atoms with Crippen molar-refractivity contribution in [1.82, 2.24) is 24.9 Å². The van der Waals surface area contributed by atoms with E-state index in [0.717, 1.165) is 17.2 Å². The lowest BCUT2D eigenvalue weighted by molar-refractivity contribution is -0.109. The highest BCUT2D eigenvalue weighted by molar-refractivity contribution is 6.32. The number of aryl methyl sites for hydroxylation is 1. The summed E-state index contributed by atoms with van der Waals surface area (Å²) in [5.74, 6) is 1.10. The number of pyridine rings is 1. The first-order valence-electron chi connectivity index (χ1n) is 7.67. The van der Waals surface area contributed by atoms with E-state index in [1.54, 1.807) is 30.8 Å². The van der Waals surface area contributed by atoms with Gasteiger partial charge in [-0.1, -0.05) is 11.6 Å². The molecule has 0 saturated carbocycles. The van der Waals surface area contributed by atoms with Crippen molar-refractivity contribution >= 4 is 35.2 Å². The van der Waals surface area contributed by atoms with Crippen molar-refractivity contribution in [2.24, 2.45) is 0 Å². The summed E-state index contributed by atoms with van der Waals surface area (Å²) in [5, 5.41) is 10.0. The van der Waals surface area contributed by atoms with E-state index in [2.05, 4.69) is 25.7 Å². The molecule has 0 aromatic carbocycles. The fourth-order valence-corrected chi connectivity index (χ4v) is 2.15. The summed E-state index contributed by atoms with van der Waals surface area (Å²) in [6.45, 7) is 2.05. The van der Waals surface area contributed by atoms with Gasteiger partial charge >= 0.3 is 0 Å². The van der Waals surface area contributed by atoms with Gasteiger partial charge in [-0.05, 0) is 25.1 Å². The third-order valence-electron chi connectivity index (χ3n) is 3.28. The number of nitrogens with zero attached hydrogens (tertiary/aromatic N) is 4. The number of anilines is 2. The van der Waals surface area contributed by atoms with E-state index in [1.165, 1.54) is 0 Å². The normalized spacial score (nSPS) is 10.0. The number of hydrogen-bond donors (Lipinski definition) is 3. The lowest BCUT2D eigenvalue weighted by Gasteiger charge is -2.09. The summed E-state index contributed by atoms with van der Waals surface area (Å²) in [4.78, 5) is 17.6. The molecule has 0 fully saturated rings. The Labute approximate surface area is 155 Å². The SMILES string of the molecule is CNC=O.CNc1cn2nc(COc3nc(C)c(N)cc3Cl)ccc2n1. The van der Waals surface area contributed by atoms with E-state index in [4.69, 9.17) is 26.9 Å². The summed E-state index contributed by atoms with van der Waals surface area (Å²) in [6, 6.07) is 5.35. The van der Waals surface area contributed by atoms with Crippen molar-refractivity contribution in [2.45, 2.75) is 13.5 Å². The van der Waals surface area contributed by atoms with Gasteiger partial charge in [0.25, 0.3) is 0 Å². The summed E-state index contributed by atoms with van der Waals surface area (Å²) in [6.07, 6.45) is 2.43. The predicted molar refractivity (Wildman–Crippen MR) is 100 cm³/mol. The number of carbonyl (C=O) groups is 1. The van der Waals surface area contributed by atoms with Crippen LogP contribution in [0.25, 0.3) is 5.65 Å². The van der Waals surface area contributed by atoms with E-state index in [-0.39, 0.29) is 6.61 Å². The third kappa shape index (κ3) is 4.73. The van der Waals surface area contributed by atoms with Crippen LogP contribution in [0.1, 0.15) is 11.4 Å². The van der Waals surface area contributed by atoms with Crippen LogP contribution in [-0.2, 0) is 11.4 Å². The second kappa shape index (κ2) is 8.86. The molecular weight excluding hydrogens is 358 g/mol. The number of aromatic nitrogens is 4. The molecule has 0 radical (unpaired) electrons. The van der Waals surface area contributed by atoms with E-state index in [1.807, 2.05) is 19.2 Å². The maximum atomic E-state index is 9.06. The monoisotopic (exact) mass is 377 g/mol. The van der Waals surface area contributed by atoms with Crippen molar-refractivity contribution in [1.29, 1.82) is 0 Å². The minimum atomic E-state index is 0.249. The van der Waals surface area contributed by atoms with Gasteiger partial charge in [-0.15, -0.1) is 0 Å². The van der Waals surface area contributed by atoms with Crippen LogP contribution in [-0.4, -0.2) is 40.1 Å². The van der Waals surface area contributed by atoms with Crippen molar-refractivity contribution in [2.75, 3.05) is 25.1 Å². The molecule has 26 heavy (non-hydrogen) atoms. The van der Waals surface area contributed by atoms with Gasteiger partial charge in [0.15, 0.2) is 5.65 Å². The zero-order chi connectivity index (χ0) is 19.1. The summed E-state index contributed by atoms with van der Waals surface area (Å²) >= 11 is 6.07. The highest BCUT2D eigenvalue weighted by Gasteiger charge is 2.09. The molecule has 1 amide bonds. The van der Waals surface area contributed by atoms with Crippen LogP contribution >= 0.6 is 11.6 Å². The van der Waals surface area contributed by atoms with Crippen LogP contribution < -0.4 is 21.1 Å². The van der Waals surface area contributed by atoms with Crippen LogP contribution in [0.2, 0.25) is 5.02 Å². The number of nitrogen functional groups attached to an aromatic ring is 1. The number of nitrogens with one attached hydrogen (secondary N) is 2. The molecule has 0 bridgehead atoms. The number of imidazole rings is 1. The van der Waals surface area contributed by atoms with Gasteiger partial charge in [0.1, 0.15) is 17.4 Å². The van der Waals surface area contributed by atoms with Gasteiger partial charge in [-0.3, -0.25) is 4.79 Å². The zero-order valence-electron chi connectivity index (χ0n) is 14.7. The first-order chi connectivity index (χ1) is 12.5. The highest BCUT2D eigenvalue weighted by Crippen LogP contribution is 2.26. The number of hydrogen-bond acceptors (Lipinski definition) is 7. The molecule has 0 aliphatic heterocycles. The fraction of sp³-hybridized carbons (Fsp3) is 0.250. The van der Waals surface area contributed by atoms with E-state index >= 15 is 0 Å². The van der Waals surface area contributed by atoms with Gasteiger partial charge in [-0.25, -0.2) is 14.5 Å². The van der Waals surface area contributed by atoms with Crippen LogP contribution in [0.3, 0.4) is 0 Å². The maximum absolute atomic E-state index is 9.06. The highest BCUT2D eigenvalue weighted by atomic mass is 35.5. The molecule has 0 aliphatic rings. The zero-order valence-corrected chi connectivity index (χ0v) is 15.4. The van der Waals surface area contributed by atoms with Crippen molar-refractivity contribution in [3.8, 4) is 5.88 Å². The number of fused-ring (bicyclic) bond motifs is 1.